The fraction of sp³-hybridized carbons (Fsp3) is 0.333. The summed E-state index contributed by atoms with van der Waals surface area (Å²) in [6.07, 6.45) is 0.669. The first-order chi connectivity index (χ1) is 11.2. The summed E-state index contributed by atoms with van der Waals surface area (Å²) < 4.78 is 33.5. The first-order valence-corrected chi connectivity index (χ1v) is 7.52. The van der Waals surface area contributed by atoms with E-state index in [0.717, 1.165) is 18.2 Å². The van der Waals surface area contributed by atoms with E-state index in [-0.39, 0.29) is 40.2 Å². The molecule has 24 heavy (non-hydrogen) atoms. The molecule has 1 aliphatic heterocycles. The van der Waals surface area contributed by atoms with E-state index in [9.17, 15) is 18.8 Å². The molecule has 0 saturated heterocycles. The molecule has 0 unspecified atom stereocenters. The molecule has 1 aliphatic carbocycles. The van der Waals surface area contributed by atoms with Gasteiger partial charge in [0.2, 0.25) is 5.88 Å². The quantitative estimate of drug-likeness (QED) is 0.856. The minimum atomic E-state index is -1.04. The van der Waals surface area contributed by atoms with Crippen LogP contribution in [0.3, 0.4) is 0 Å². The van der Waals surface area contributed by atoms with E-state index >= 15 is 0 Å². The Morgan fingerprint density at radius 3 is 2.71 bits per heavy atom. The number of allylic oxidation sites excluding steroid dienone is 3. The Kier molecular flexibility index (Phi) is 3.67. The summed E-state index contributed by atoms with van der Waals surface area (Å²) >= 11 is 0. The molecule has 1 heterocycles. The summed E-state index contributed by atoms with van der Waals surface area (Å²) in [4.78, 5) is 12.7. The van der Waals surface area contributed by atoms with Gasteiger partial charge in [-0.25, -0.2) is 8.78 Å². The highest BCUT2D eigenvalue weighted by Crippen LogP contribution is 2.48. The lowest BCUT2D eigenvalue weighted by Gasteiger charge is -2.37. The zero-order chi connectivity index (χ0) is 17.6. The maximum absolute atomic E-state index is 14.3. The van der Waals surface area contributed by atoms with Gasteiger partial charge in [-0.15, -0.1) is 0 Å². The number of nitrogens with zero attached hydrogens (tertiary/aromatic N) is 1. The third-order valence-electron chi connectivity index (χ3n) is 4.34. The number of nitrogens with two attached hydrogens (primary N) is 1. The molecule has 1 aromatic rings. The Bertz CT molecular complexity index is 847. The Labute approximate surface area is 138 Å². The molecule has 2 aliphatic rings. The van der Waals surface area contributed by atoms with Crippen molar-refractivity contribution in [2.75, 3.05) is 0 Å². The first kappa shape index (κ1) is 16.2. The molecule has 0 spiro atoms. The normalized spacial score (nSPS) is 22.8. The molecule has 4 nitrogen and oxygen atoms in total. The molecule has 1 aromatic carbocycles. The number of halogens is 2. The van der Waals surface area contributed by atoms with Gasteiger partial charge in [-0.1, -0.05) is 13.8 Å². The molecule has 0 amide bonds. The summed E-state index contributed by atoms with van der Waals surface area (Å²) in [5, 5.41) is 9.41. The number of Topliss-reactive ketones (excluding diaryl/α,β-unsaturated/α-hetero) is 1. The topological polar surface area (TPSA) is 76.1 Å². The van der Waals surface area contributed by atoms with Crippen LogP contribution in [0.4, 0.5) is 8.78 Å². The molecule has 3 rings (SSSR count). The van der Waals surface area contributed by atoms with Crippen LogP contribution in [0.25, 0.3) is 0 Å². The first-order valence-electron chi connectivity index (χ1n) is 7.52. The van der Waals surface area contributed by atoms with Gasteiger partial charge < -0.3 is 10.5 Å². The maximum Gasteiger partial charge on any atom is 0.205 e. The van der Waals surface area contributed by atoms with Gasteiger partial charge in [0.15, 0.2) is 5.78 Å². The summed E-state index contributed by atoms with van der Waals surface area (Å²) in [5.41, 5.74) is 5.53. The Morgan fingerprint density at radius 2 is 2.04 bits per heavy atom. The molecule has 0 saturated carbocycles. The second-order valence-electron chi connectivity index (χ2n) is 6.87. The zero-order valence-corrected chi connectivity index (χ0v) is 13.3. The van der Waals surface area contributed by atoms with E-state index < -0.39 is 17.6 Å². The highest BCUT2D eigenvalue weighted by molar-refractivity contribution is 6.00. The molecule has 124 valence electrons. The van der Waals surface area contributed by atoms with Crippen molar-refractivity contribution in [2.24, 2.45) is 11.1 Å². The van der Waals surface area contributed by atoms with Crippen LogP contribution in [0.15, 0.2) is 41.0 Å². The molecule has 0 fully saturated rings. The van der Waals surface area contributed by atoms with Gasteiger partial charge >= 0.3 is 0 Å². The molecule has 0 bridgehead atoms. The third-order valence-corrected chi connectivity index (χ3v) is 4.34. The standard InChI is InChI=1S/C18H16F2N2O2/c1-18(2)6-13(23)16-14(7-18)24-17(22)11(8-21)15(16)10-5-9(19)3-4-12(10)20/h3-5,15H,6-7,22H2,1-2H3/t15-/m0/s1. The SMILES string of the molecule is CC1(C)CC(=O)C2=C(C1)OC(N)=C(C#N)[C@@H]2c1cc(F)ccc1F. The molecular formula is C18H16F2N2O2. The van der Waals surface area contributed by atoms with Crippen LogP contribution in [-0.2, 0) is 9.53 Å². The third kappa shape index (κ3) is 2.56. The number of benzene rings is 1. The second-order valence-corrected chi connectivity index (χ2v) is 6.87. The molecule has 0 aromatic heterocycles. The van der Waals surface area contributed by atoms with Crippen LogP contribution < -0.4 is 5.73 Å². The van der Waals surface area contributed by atoms with E-state index in [1.165, 1.54) is 0 Å². The van der Waals surface area contributed by atoms with Gasteiger partial charge in [0.25, 0.3) is 0 Å². The van der Waals surface area contributed by atoms with E-state index in [4.69, 9.17) is 10.5 Å². The van der Waals surface area contributed by atoms with Crippen LogP contribution in [-0.4, -0.2) is 5.78 Å². The van der Waals surface area contributed by atoms with Crippen molar-refractivity contribution in [1.82, 2.24) is 0 Å². The monoisotopic (exact) mass is 330 g/mol. The fourth-order valence-electron chi connectivity index (χ4n) is 3.33. The number of ether oxygens (including phenoxy) is 1. The summed E-state index contributed by atoms with van der Waals surface area (Å²) in [7, 11) is 0. The van der Waals surface area contributed by atoms with Crippen molar-refractivity contribution in [1.29, 1.82) is 5.26 Å². The predicted octanol–water partition coefficient (Wildman–Crippen LogP) is 3.42. The Balaban J connectivity index is 2.24. The fourth-order valence-corrected chi connectivity index (χ4v) is 3.33. The lowest BCUT2D eigenvalue weighted by molar-refractivity contribution is -0.119. The number of carbonyl (C=O) groups excluding carboxylic acids is 1. The van der Waals surface area contributed by atoms with E-state index in [0.29, 0.717) is 12.2 Å². The second kappa shape index (κ2) is 5.45. The maximum atomic E-state index is 14.3. The van der Waals surface area contributed by atoms with Crippen LogP contribution in [0.2, 0.25) is 0 Å². The molecule has 6 heteroatoms. The molecular weight excluding hydrogens is 314 g/mol. The number of hydrogen-bond acceptors (Lipinski definition) is 4. The van der Waals surface area contributed by atoms with Crippen LogP contribution in [0, 0.1) is 28.4 Å². The van der Waals surface area contributed by atoms with Crippen molar-refractivity contribution < 1.29 is 18.3 Å². The number of hydrogen-bond donors (Lipinski definition) is 1. The van der Waals surface area contributed by atoms with Crippen molar-refractivity contribution in [3.05, 3.63) is 58.2 Å². The molecule has 1 atom stereocenters. The largest absolute Gasteiger partial charge is 0.444 e. The van der Waals surface area contributed by atoms with Crippen molar-refractivity contribution in [3.8, 4) is 6.07 Å². The average molecular weight is 330 g/mol. The van der Waals surface area contributed by atoms with Gasteiger partial charge in [0.1, 0.15) is 29.0 Å². The lowest BCUT2D eigenvalue weighted by atomic mass is 9.70. The minimum Gasteiger partial charge on any atom is -0.444 e. The van der Waals surface area contributed by atoms with Crippen LogP contribution in [0.1, 0.15) is 38.2 Å². The Hall–Kier alpha value is -2.68. The molecule has 0 radical (unpaired) electrons. The van der Waals surface area contributed by atoms with Gasteiger partial charge in [-0.05, 0) is 23.6 Å². The van der Waals surface area contributed by atoms with Gasteiger partial charge in [0.05, 0.1) is 5.92 Å². The number of ketones is 1. The van der Waals surface area contributed by atoms with Crippen LogP contribution >= 0.6 is 0 Å². The summed E-state index contributed by atoms with van der Waals surface area (Å²) in [6, 6.07) is 4.83. The van der Waals surface area contributed by atoms with Gasteiger partial charge in [-0.2, -0.15) is 5.26 Å². The number of carbonyl (C=O) groups is 1. The summed E-state index contributed by atoms with van der Waals surface area (Å²) in [6.45, 7) is 3.82. The lowest BCUT2D eigenvalue weighted by Crippen LogP contribution is -2.33. The summed E-state index contributed by atoms with van der Waals surface area (Å²) in [5.74, 6) is -2.47. The van der Waals surface area contributed by atoms with Gasteiger partial charge in [0, 0.05) is 24.0 Å². The highest BCUT2D eigenvalue weighted by Gasteiger charge is 2.43. The number of rotatable bonds is 1. The highest BCUT2D eigenvalue weighted by atomic mass is 19.1. The van der Waals surface area contributed by atoms with Crippen molar-refractivity contribution in [2.45, 2.75) is 32.6 Å². The predicted molar refractivity (Wildman–Crippen MR) is 82.1 cm³/mol. The van der Waals surface area contributed by atoms with Crippen molar-refractivity contribution >= 4 is 5.78 Å². The zero-order valence-electron chi connectivity index (χ0n) is 13.3. The average Bonchev–Trinajstić information content (AvgIpc) is 2.47. The smallest absolute Gasteiger partial charge is 0.205 e. The van der Waals surface area contributed by atoms with Crippen LogP contribution in [0.5, 0.6) is 0 Å². The number of nitriles is 1. The minimum absolute atomic E-state index is 0.0775. The van der Waals surface area contributed by atoms with E-state index in [1.807, 2.05) is 19.9 Å². The van der Waals surface area contributed by atoms with E-state index in [1.54, 1.807) is 0 Å². The van der Waals surface area contributed by atoms with Crippen molar-refractivity contribution in [3.63, 3.8) is 0 Å². The Morgan fingerprint density at radius 1 is 1.33 bits per heavy atom. The van der Waals surface area contributed by atoms with Gasteiger partial charge in [-0.3, -0.25) is 4.79 Å². The van der Waals surface area contributed by atoms with E-state index in [2.05, 4.69) is 0 Å². The molecule has 2 N–H and O–H groups in total.